The van der Waals surface area contributed by atoms with Crippen LogP contribution >= 0.6 is 0 Å². The van der Waals surface area contributed by atoms with Crippen LogP contribution < -0.4 is 10.6 Å². The second-order valence-electron chi connectivity index (χ2n) is 9.32. The lowest BCUT2D eigenvalue weighted by atomic mass is 9.90. The van der Waals surface area contributed by atoms with E-state index in [1.807, 2.05) is 6.92 Å². The quantitative estimate of drug-likeness (QED) is 0.402. The normalized spacial score (nSPS) is 21.5. The minimum absolute atomic E-state index is 0.116. The molecule has 0 radical (unpaired) electrons. The van der Waals surface area contributed by atoms with Gasteiger partial charge in [0.1, 0.15) is 0 Å². The molecule has 0 heterocycles. The number of rotatable bonds is 10. The van der Waals surface area contributed by atoms with Gasteiger partial charge in [-0.1, -0.05) is 51.4 Å². The average molecular weight is 427 g/mol. The van der Waals surface area contributed by atoms with E-state index < -0.39 is 11.2 Å². The third-order valence-corrected chi connectivity index (χ3v) is 6.50. The number of hydrogen-bond donors (Lipinski definition) is 4. The van der Waals surface area contributed by atoms with Gasteiger partial charge in [-0.05, 0) is 32.6 Å². The summed E-state index contributed by atoms with van der Waals surface area (Å²) in [4.78, 5) is 24.7. The highest BCUT2D eigenvalue weighted by Crippen LogP contribution is 2.30. The lowest BCUT2D eigenvalue weighted by Crippen LogP contribution is -2.45. The minimum atomic E-state index is -0.899. The van der Waals surface area contributed by atoms with E-state index in [4.69, 9.17) is 4.74 Å². The maximum atomic E-state index is 12.4. The summed E-state index contributed by atoms with van der Waals surface area (Å²) in [5.74, 6) is -0.355. The van der Waals surface area contributed by atoms with Gasteiger partial charge < -0.3 is 25.6 Å². The van der Waals surface area contributed by atoms with Gasteiger partial charge in [0.15, 0.2) is 0 Å². The molecule has 2 aliphatic rings. The fraction of sp³-hybridized carbons (Fsp3) is 0.913. The molecule has 2 fully saturated rings. The molecular weight excluding hydrogens is 384 g/mol. The summed E-state index contributed by atoms with van der Waals surface area (Å²) in [6.07, 6.45) is 10.9. The van der Waals surface area contributed by atoms with Gasteiger partial charge in [-0.2, -0.15) is 0 Å². The lowest BCUT2D eigenvalue weighted by molar-refractivity contribution is -0.127. The van der Waals surface area contributed by atoms with Crippen molar-refractivity contribution >= 4 is 11.8 Å². The highest BCUT2D eigenvalue weighted by molar-refractivity contribution is 5.77. The molecule has 0 atom stereocenters. The molecule has 0 aromatic carbocycles. The molecule has 0 spiro atoms. The van der Waals surface area contributed by atoms with Crippen LogP contribution in [0.3, 0.4) is 0 Å². The number of amides is 2. The number of ether oxygens (including phenoxy) is 1. The van der Waals surface area contributed by atoms with E-state index in [1.54, 1.807) is 0 Å². The largest absolute Gasteiger partial charge is 0.389 e. The van der Waals surface area contributed by atoms with Crippen LogP contribution in [0.5, 0.6) is 0 Å². The standard InChI is InChI=1S/C23H42N2O5/c1-2-30-19(17-24-20(26)15-22(28)11-7-3-4-8-12-22)18-25-21(27)16-23(29)13-9-5-6-10-14-23/h19,28-29H,2-18H2,1H3,(H,24,26)(H,25,27). The van der Waals surface area contributed by atoms with Gasteiger partial charge in [-0.3, -0.25) is 9.59 Å². The smallest absolute Gasteiger partial charge is 0.222 e. The van der Waals surface area contributed by atoms with E-state index in [0.29, 0.717) is 32.3 Å². The Kier molecular flexibility index (Phi) is 10.6. The number of nitrogens with one attached hydrogen (secondary N) is 2. The topological polar surface area (TPSA) is 108 Å². The van der Waals surface area contributed by atoms with Crippen LogP contribution in [0.4, 0.5) is 0 Å². The molecule has 7 heteroatoms. The van der Waals surface area contributed by atoms with Crippen molar-refractivity contribution < 1.29 is 24.5 Å². The van der Waals surface area contributed by atoms with Gasteiger partial charge in [0, 0.05) is 19.7 Å². The first-order chi connectivity index (χ1) is 14.3. The van der Waals surface area contributed by atoms with Crippen molar-refractivity contribution in [3.8, 4) is 0 Å². The zero-order valence-electron chi connectivity index (χ0n) is 18.7. The first-order valence-corrected chi connectivity index (χ1v) is 11.9. The molecule has 0 bridgehead atoms. The molecule has 0 aromatic heterocycles. The van der Waals surface area contributed by atoms with Crippen molar-refractivity contribution in [2.45, 2.75) is 114 Å². The number of carbonyl (C=O) groups excluding carboxylic acids is 2. The third-order valence-electron chi connectivity index (χ3n) is 6.50. The molecule has 4 N–H and O–H groups in total. The summed E-state index contributed by atoms with van der Waals surface area (Å²) in [7, 11) is 0. The summed E-state index contributed by atoms with van der Waals surface area (Å²) >= 11 is 0. The molecule has 2 rings (SSSR count). The predicted molar refractivity (Wildman–Crippen MR) is 116 cm³/mol. The van der Waals surface area contributed by atoms with Crippen molar-refractivity contribution in [2.75, 3.05) is 19.7 Å². The fourth-order valence-corrected chi connectivity index (χ4v) is 4.73. The molecule has 2 saturated carbocycles. The van der Waals surface area contributed by atoms with Gasteiger partial charge in [0.05, 0.1) is 30.1 Å². The number of carbonyl (C=O) groups is 2. The second kappa shape index (κ2) is 12.6. The van der Waals surface area contributed by atoms with Crippen molar-refractivity contribution in [3.05, 3.63) is 0 Å². The third kappa shape index (κ3) is 9.31. The van der Waals surface area contributed by atoms with Crippen LogP contribution in [-0.4, -0.2) is 59.0 Å². The summed E-state index contributed by atoms with van der Waals surface area (Å²) in [6.45, 7) is 2.92. The summed E-state index contributed by atoms with van der Waals surface area (Å²) < 4.78 is 5.66. The molecule has 0 aromatic rings. The van der Waals surface area contributed by atoms with Crippen LogP contribution in [0.1, 0.15) is 96.8 Å². The molecule has 2 amide bonds. The average Bonchev–Trinajstić information content (AvgIpc) is 3.03. The molecule has 2 aliphatic carbocycles. The van der Waals surface area contributed by atoms with Crippen LogP contribution in [0.2, 0.25) is 0 Å². The Morgan fingerprint density at radius 2 is 1.13 bits per heavy atom. The molecule has 0 saturated heterocycles. The summed E-state index contributed by atoms with van der Waals surface area (Å²) in [5, 5.41) is 27.1. The van der Waals surface area contributed by atoms with Crippen LogP contribution in [-0.2, 0) is 14.3 Å². The van der Waals surface area contributed by atoms with E-state index in [-0.39, 0.29) is 43.8 Å². The number of aliphatic hydroxyl groups is 2. The maximum Gasteiger partial charge on any atom is 0.222 e. The Bertz CT molecular complexity index is 480. The number of hydrogen-bond acceptors (Lipinski definition) is 5. The molecular formula is C23H42N2O5. The molecule has 174 valence electrons. The summed E-state index contributed by atoms with van der Waals surface area (Å²) in [5.41, 5.74) is -1.80. The van der Waals surface area contributed by atoms with E-state index >= 15 is 0 Å². The predicted octanol–water partition coefficient (Wildman–Crippen LogP) is 2.57. The van der Waals surface area contributed by atoms with Gasteiger partial charge in [-0.15, -0.1) is 0 Å². The van der Waals surface area contributed by atoms with Crippen molar-refractivity contribution in [2.24, 2.45) is 0 Å². The molecule has 0 unspecified atom stereocenters. The van der Waals surface area contributed by atoms with E-state index in [1.165, 1.54) is 0 Å². The van der Waals surface area contributed by atoms with Crippen LogP contribution in [0, 0.1) is 0 Å². The van der Waals surface area contributed by atoms with Gasteiger partial charge in [-0.25, -0.2) is 0 Å². The van der Waals surface area contributed by atoms with Crippen molar-refractivity contribution in [3.63, 3.8) is 0 Å². The van der Waals surface area contributed by atoms with Crippen LogP contribution in [0.15, 0.2) is 0 Å². The first-order valence-electron chi connectivity index (χ1n) is 11.9. The fourth-order valence-electron chi connectivity index (χ4n) is 4.73. The maximum absolute atomic E-state index is 12.4. The zero-order valence-corrected chi connectivity index (χ0v) is 18.7. The molecule has 7 nitrogen and oxygen atoms in total. The van der Waals surface area contributed by atoms with Gasteiger partial charge in [0.25, 0.3) is 0 Å². The highest BCUT2D eigenvalue weighted by Gasteiger charge is 2.32. The SMILES string of the molecule is CCOC(CNC(=O)CC1(O)CCCCCC1)CNC(=O)CC1(O)CCCCCC1. The van der Waals surface area contributed by atoms with Crippen molar-refractivity contribution in [1.82, 2.24) is 10.6 Å². The Hall–Kier alpha value is -1.18. The minimum Gasteiger partial charge on any atom is -0.389 e. The van der Waals surface area contributed by atoms with Crippen molar-refractivity contribution in [1.29, 1.82) is 0 Å². The Morgan fingerprint density at radius 3 is 1.47 bits per heavy atom. The Morgan fingerprint density at radius 1 is 0.767 bits per heavy atom. The molecule has 30 heavy (non-hydrogen) atoms. The highest BCUT2D eigenvalue weighted by atomic mass is 16.5. The van der Waals surface area contributed by atoms with Gasteiger partial charge in [0.2, 0.25) is 11.8 Å². The summed E-state index contributed by atoms with van der Waals surface area (Å²) in [6, 6.07) is 0. The lowest BCUT2D eigenvalue weighted by Gasteiger charge is -2.27. The van der Waals surface area contributed by atoms with Gasteiger partial charge >= 0.3 is 0 Å². The molecule has 0 aliphatic heterocycles. The van der Waals surface area contributed by atoms with Crippen LogP contribution in [0.25, 0.3) is 0 Å². The van der Waals surface area contributed by atoms with E-state index in [2.05, 4.69) is 10.6 Å². The van der Waals surface area contributed by atoms with E-state index in [0.717, 1.165) is 51.4 Å². The monoisotopic (exact) mass is 426 g/mol. The van der Waals surface area contributed by atoms with E-state index in [9.17, 15) is 19.8 Å². The first kappa shape index (κ1) is 25.1. The second-order valence-corrected chi connectivity index (χ2v) is 9.32. The Labute approximate surface area is 181 Å². The Balaban J connectivity index is 1.73. The zero-order chi connectivity index (χ0) is 21.9.